The van der Waals surface area contributed by atoms with E-state index in [0.717, 1.165) is 18.7 Å². The van der Waals surface area contributed by atoms with Crippen LogP contribution in [0.25, 0.3) is 0 Å². The summed E-state index contributed by atoms with van der Waals surface area (Å²) in [4.78, 5) is 19.9. The largest absolute Gasteiger partial charge is 0.384 e. The van der Waals surface area contributed by atoms with Gasteiger partial charge in [0.05, 0.1) is 11.9 Å². The molecule has 2 aromatic heterocycles. The van der Waals surface area contributed by atoms with Crippen molar-refractivity contribution in [2.75, 3.05) is 11.1 Å². The molecule has 7 nitrogen and oxygen atoms in total. The highest BCUT2D eigenvalue weighted by Crippen LogP contribution is 2.09. The summed E-state index contributed by atoms with van der Waals surface area (Å²) in [6.45, 7) is 2.06. The zero-order valence-electron chi connectivity index (χ0n) is 12.4. The molecule has 0 saturated carbocycles. The standard InChI is InChI=1S/C14H19N5O2.ClH/c1-2-4-12-18-14(21-19-12)6-3-5-13(20)17-10-7-8-11(15)16-9-10;/h7-9H,2-6H2,1H3,(H2,15,16)(H,17,20);1H. The van der Waals surface area contributed by atoms with Gasteiger partial charge in [-0.3, -0.25) is 4.79 Å². The third-order valence-corrected chi connectivity index (χ3v) is 2.85. The van der Waals surface area contributed by atoms with E-state index in [9.17, 15) is 4.79 Å². The highest BCUT2D eigenvalue weighted by Gasteiger charge is 2.07. The second-order valence-electron chi connectivity index (χ2n) is 4.73. The average Bonchev–Trinajstić information content (AvgIpc) is 2.89. The summed E-state index contributed by atoms with van der Waals surface area (Å²) < 4.78 is 5.11. The Kier molecular flexibility index (Phi) is 7.31. The number of pyridine rings is 1. The zero-order valence-corrected chi connectivity index (χ0v) is 13.2. The van der Waals surface area contributed by atoms with E-state index in [1.807, 2.05) is 0 Å². The molecule has 22 heavy (non-hydrogen) atoms. The number of hydrogen-bond donors (Lipinski definition) is 2. The van der Waals surface area contributed by atoms with Crippen LogP contribution in [0.2, 0.25) is 0 Å². The molecule has 0 unspecified atom stereocenters. The second-order valence-corrected chi connectivity index (χ2v) is 4.73. The van der Waals surface area contributed by atoms with E-state index in [4.69, 9.17) is 10.3 Å². The Morgan fingerprint density at radius 3 is 2.86 bits per heavy atom. The van der Waals surface area contributed by atoms with Crippen LogP contribution in [0.1, 0.15) is 37.9 Å². The number of nitrogens with zero attached hydrogens (tertiary/aromatic N) is 3. The third kappa shape index (κ3) is 5.69. The molecule has 2 aromatic rings. The number of rotatable bonds is 7. The van der Waals surface area contributed by atoms with Crippen LogP contribution in [0.3, 0.4) is 0 Å². The van der Waals surface area contributed by atoms with E-state index in [1.54, 1.807) is 12.1 Å². The Balaban J connectivity index is 0.00000242. The number of carbonyl (C=O) groups excluding carboxylic acids is 1. The van der Waals surface area contributed by atoms with Gasteiger partial charge in [-0.05, 0) is 25.0 Å². The molecule has 3 N–H and O–H groups in total. The molecular formula is C14H20ClN5O2. The Morgan fingerprint density at radius 1 is 1.36 bits per heavy atom. The average molecular weight is 326 g/mol. The van der Waals surface area contributed by atoms with Crippen molar-refractivity contribution >= 4 is 29.8 Å². The molecule has 120 valence electrons. The van der Waals surface area contributed by atoms with Gasteiger partial charge in [0.25, 0.3) is 0 Å². The predicted octanol–water partition coefficient (Wildman–Crippen LogP) is 2.38. The monoisotopic (exact) mass is 325 g/mol. The van der Waals surface area contributed by atoms with Crippen molar-refractivity contribution in [2.24, 2.45) is 0 Å². The number of halogens is 1. The number of hydrogen-bond acceptors (Lipinski definition) is 6. The number of anilines is 2. The molecule has 0 aromatic carbocycles. The fraction of sp³-hybridized carbons (Fsp3) is 0.429. The first-order valence-corrected chi connectivity index (χ1v) is 7.00. The summed E-state index contributed by atoms with van der Waals surface area (Å²) in [7, 11) is 0. The predicted molar refractivity (Wildman–Crippen MR) is 85.8 cm³/mol. The minimum absolute atomic E-state index is 0. The molecular weight excluding hydrogens is 306 g/mol. The molecule has 0 fully saturated rings. The third-order valence-electron chi connectivity index (χ3n) is 2.85. The Labute approximate surface area is 135 Å². The molecule has 0 spiro atoms. The Hall–Kier alpha value is -2.15. The molecule has 0 atom stereocenters. The number of carbonyl (C=O) groups is 1. The second kappa shape index (κ2) is 8.99. The molecule has 0 aliphatic heterocycles. The Morgan fingerprint density at radius 2 is 2.18 bits per heavy atom. The van der Waals surface area contributed by atoms with E-state index < -0.39 is 0 Å². The van der Waals surface area contributed by atoms with Crippen LogP contribution in [0.5, 0.6) is 0 Å². The van der Waals surface area contributed by atoms with Gasteiger partial charge in [-0.2, -0.15) is 4.98 Å². The topological polar surface area (TPSA) is 107 Å². The summed E-state index contributed by atoms with van der Waals surface area (Å²) in [6, 6.07) is 3.36. The van der Waals surface area contributed by atoms with Crippen molar-refractivity contribution in [3.05, 3.63) is 30.0 Å². The summed E-state index contributed by atoms with van der Waals surface area (Å²) >= 11 is 0. The number of aromatic nitrogens is 3. The molecule has 0 saturated heterocycles. The number of amides is 1. The molecule has 0 radical (unpaired) electrons. The van der Waals surface area contributed by atoms with Gasteiger partial charge < -0.3 is 15.6 Å². The number of aryl methyl sites for hydroxylation is 2. The highest BCUT2D eigenvalue weighted by atomic mass is 35.5. The van der Waals surface area contributed by atoms with Crippen molar-refractivity contribution in [3.63, 3.8) is 0 Å². The van der Waals surface area contributed by atoms with Gasteiger partial charge in [0, 0.05) is 19.3 Å². The lowest BCUT2D eigenvalue weighted by atomic mass is 10.2. The molecule has 0 aliphatic carbocycles. The van der Waals surface area contributed by atoms with Crippen molar-refractivity contribution in [1.29, 1.82) is 0 Å². The number of nitrogens with one attached hydrogen (secondary N) is 1. The van der Waals surface area contributed by atoms with E-state index in [0.29, 0.717) is 36.7 Å². The van der Waals surface area contributed by atoms with E-state index in [1.165, 1.54) is 6.20 Å². The van der Waals surface area contributed by atoms with Crippen LogP contribution in [-0.4, -0.2) is 21.0 Å². The number of nitrogens with two attached hydrogens (primary N) is 1. The van der Waals surface area contributed by atoms with E-state index in [-0.39, 0.29) is 18.3 Å². The van der Waals surface area contributed by atoms with E-state index >= 15 is 0 Å². The number of nitrogen functional groups attached to an aromatic ring is 1. The Bertz CT molecular complexity index is 585. The van der Waals surface area contributed by atoms with Crippen LogP contribution in [0.4, 0.5) is 11.5 Å². The fourth-order valence-electron chi connectivity index (χ4n) is 1.82. The van der Waals surface area contributed by atoms with Gasteiger partial charge in [0.1, 0.15) is 5.82 Å². The van der Waals surface area contributed by atoms with Gasteiger partial charge in [-0.25, -0.2) is 4.98 Å². The lowest BCUT2D eigenvalue weighted by Gasteiger charge is -2.04. The first kappa shape index (κ1) is 17.9. The van der Waals surface area contributed by atoms with Gasteiger partial charge >= 0.3 is 0 Å². The summed E-state index contributed by atoms with van der Waals surface area (Å²) in [5, 5.41) is 6.63. The smallest absolute Gasteiger partial charge is 0.226 e. The maximum Gasteiger partial charge on any atom is 0.226 e. The van der Waals surface area contributed by atoms with Gasteiger partial charge in [-0.15, -0.1) is 12.4 Å². The van der Waals surface area contributed by atoms with E-state index in [2.05, 4.69) is 27.4 Å². The highest BCUT2D eigenvalue weighted by molar-refractivity contribution is 5.90. The maximum atomic E-state index is 11.8. The van der Waals surface area contributed by atoms with Crippen molar-refractivity contribution in [2.45, 2.75) is 39.0 Å². The fourth-order valence-corrected chi connectivity index (χ4v) is 1.82. The summed E-state index contributed by atoms with van der Waals surface area (Å²) in [5.41, 5.74) is 6.11. The molecule has 2 rings (SSSR count). The SMILES string of the molecule is CCCc1noc(CCCC(=O)Nc2ccc(N)nc2)n1.Cl. The van der Waals surface area contributed by atoms with Crippen LogP contribution in [0.15, 0.2) is 22.9 Å². The van der Waals surface area contributed by atoms with Crippen LogP contribution in [0, 0.1) is 0 Å². The quantitative estimate of drug-likeness (QED) is 0.809. The van der Waals surface area contributed by atoms with Crippen molar-refractivity contribution < 1.29 is 9.32 Å². The molecule has 0 aliphatic rings. The van der Waals surface area contributed by atoms with Crippen LogP contribution in [-0.2, 0) is 17.6 Å². The summed E-state index contributed by atoms with van der Waals surface area (Å²) in [5.74, 6) is 1.66. The molecule has 2 heterocycles. The van der Waals surface area contributed by atoms with Gasteiger partial charge in [-0.1, -0.05) is 12.1 Å². The zero-order chi connectivity index (χ0) is 15.1. The normalized spacial score (nSPS) is 10.0. The minimum atomic E-state index is -0.0742. The molecule has 0 bridgehead atoms. The van der Waals surface area contributed by atoms with Gasteiger partial charge in [0.15, 0.2) is 5.82 Å². The minimum Gasteiger partial charge on any atom is -0.384 e. The first-order valence-electron chi connectivity index (χ1n) is 7.00. The van der Waals surface area contributed by atoms with Crippen LogP contribution < -0.4 is 11.1 Å². The summed E-state index contributed by atoms with van der Waals surface area (Å²) in [6.07, 6.45) is 4.97. The lowest BCUT2D eigenvalue weighted by molar-refractivity contribution is -0.116. The first-order chi connectivity index (χ1) is 10.2. The van der Waals surface area contributed by atoms with Gasteiger partial charge in [0.2, 0.25) is 11.8 Å². The lowest BCUT2D eigenvalue weighted by Crippen LogP contribution is -2.11. The maximum absolute atomic E-state index is 11.8. The molecule has 8 heteroatoms. The molecule has 1 amide bonds. The van der Waals surface area contributed by atoms with Crippen molar-refractivity contribution in [1.82, 2.24) is 15.1 Å². The van der Waals surface area contributed by atoms with Crippen molar-refractivity contribution in [3.8, 4) is 0 Å². The van der Waals surface area contributed by atoms with Crippen LogP contribution >= 0.6 is 12.4 Å².